The predicted octanol–water partition coefficient (Wildman–Crippen LogP) is 3.34. The highest BCUT2D eigenvalue weighted by Gasteiger charge is 2.54. The van der Waals surface area contributed by atoms with Gasteiger partial charge in [0.15, 0.2) is 12.4 Å². The smallest absolute Gasteiger partial charge is 0.307 e. The molecule has 1 aromatic rings. The maximum atomic E-state index is 12.8. The van der Waals surface area contributed by atoms with Crippen LogP contribution in [0.1, 0.15) is 44.9 Å². The van der Waals surface area contributed by atoms with E-state index in [0.717, 1.165) is 19.3 Å². The topological polar surface area (TPSA) is 89.5 Å². The summed E-state index contributed by atoms with van der Waals surface area (Å²) in [7, 11) is -3.72. The molecule has 4 aliphatic rings. The monoisotopic (exact) mass is 439 g/mol. The molecule has 0 spiro atoms. The lowest BCUT2D eigenvalue weighted by Crippen LogP contribution is -2.51. The fourth-order valence-electron chi connectivity index (χ4n) is 5.81. The Morgan fingerprint density at radius 3 is 2.14 bits per heavy atom. The number of Topliss-reactive ketones (excluding diaryl/α,β-unsaturated/α-hetero) is 1. The van der Waals surface area contributed by atoms with E-state index in [-0.39, 0.29) is 35.7 Å². The first kappa shape index (κ1) is 20.8. The number of ketones is 1. The van der Waals surface area contributed by atoms with E-state index in [0.29, 0.717) is 22.8 Å². The molecule has 1 aromatic carbocycles. The summed E-state index contributed by atoms with van der Waals surface area (Å²) in [5.74, 6) is 1.45. The molecule has 0 aliphatic heterocycles. The number of rotatable bonds is 8. The van der Waals surface area contributed by atoms with Gasteiger partial charge in [0.2, 0.25) is 10.0 Å². The molecule has 4 fully saturated rings. The Labute approximate surface area is 176 Å². The standard InChI is InChI=1S/C21H26ClNO5S/c22-17-1-3-18(4-2-17)29(26,27)23-6-5-20(25)28-13-19(24)21-10-14-7-15(11-21)9-16(8-14)12-21/h1-4,14-16,23H,5-13H2. The average molecular weight is 440 g/mol. The SMILES string of the molecule is O=C(CCNS(=O)(=O)c1ccc(Cl)cc1)OCC(=O)C12CC3CC(CC(C3)C1)C2. The minimum Gasteiger partial charge on any atom is -0.458 e. The minimum absolute atomic E-state index is 0.0479. The van der Waals surface area contributed by atoms with E-state index in [9.17, 15) is 18.0 Å². The minimum atomic E-state index is -3.72. The van der Waals surface area contributed by atoms with Crippen LogP contribution in [0.25, 0.3) is 0 Å². The molecule has 0 heterocycles. The number of carbonyl (C=O) groups excluding carboxylic acids is 2. The van der Waals surface area contributed by atoms with Gasteiger partial charge in [-0.05, 0) is 80.5 Å². The second-order valence-electron chi connectivity index (χ2n) is 8.88. The molecule has 5 rings (SSSR count). The molecule has 0 amide bonds. The van der Waals surface area contributed by atoms with Crippen LogP contribution in [0.3, 0.4) is 0 Å². The lowest BCUT2D eigenvalue weighted by molar-refractivity contribution is -0.157. The van der Waals surface area contributed by atoms with Crippen LogP contribution in [0.2, 0.25) is 5.02 Å². The quantitative estimate of drug-likeness (QED) is 0.627. The summed E-state index contributed by atoms with van der Waals surface area (Å²) in [6, 6.07) is 5.77. The largest absolute Gasteiger partial charge is 0.458 e. The van der Waals surface area contributed by atoms with Crippen LogP contribution < -0.4 is 4.72 Å². The summed E-state index contributed by atoms with van der Waals surface area (Å²) in [5.41, 5.74) is -0.287. The van der Waals surface area contributed by atoms with Gasteiger partial charge in [-0.25, -0.2) is 13.1 Å². The van der Waals surface area contributed by atoms with E-state index in [4.69, 9.17) is 16.3 Å². The molecule has 1 N–H and O–H groups in total. The van der Waals surface area contributed by atoms with E-state index in [1.807, 2.05) is 0 Å². The number of benzene rings is 1. The third kappa shape index (κ3) is 4.52. The van der Waals surface area contributed by atoms with Crippen LogP contribution in [0.5, 0.6) is 0 Å². The van der Waals surface area contributed by atoms with Gasteiger partial charge in [0, 0.05) is 17.0 Å². The maximum absolute atomic E-state index is 12.8. The van der Waals surface area contributed by atoms with Crippen molar-refractivity contribution in [2.45, 2.75) is 49.8 Å². The van der Waals surface area contributed by atoms with Gasteiger partial charge in [0.05, 0.1) is 11.3 Å². The van der Waals surface area contributed by atoms with E-state index >= 15 is 0 Å². The van der Waals surface area contributed by atoms with Gasteiger partial charge in [-0.15, -0.1) is 0 Å². The molecule has 6 nitrogen and oxygen atoms in total. The summed E-state index contributed by atoms with van der Waals surface area (Å²) in [5, 5.41) is 0.441. The molecule has 0 radical (unpaired) electrons. The Hall–Kier alpha value is -1.44. The highest BCUT2D eigenvalue weighted by Crippen LogP contribution is 2.60. The zero-order valence-electron chi connectivity index (χ0n) is 16.2. The van der Waals surface area contributed by atoms with Gasteiger partial charge >= 0.3 is 5.97 Å². The number of hydrogen-bond acceptors (Lipinski definition) is 5. The molecule has 29 heavy (non-hydrogen) atoms. The number of halogens is 1. The van der Waals surface area contributed by atoms with Crippen molar-refractivity contribution >= 4 is 33.4 Å². The van der Waals surface area contributed by atoms with Gasteiger partial charge in [-0.2, -0.15) is 0 Å². The zero-order valence-corrected chi connectivity index (χ0v) is 17.8. The molecule has 0 atom stereocenters. The third-order valence-corrected chi connectivity index (χ3v) is 8.47. The van der Waals surface area contributed by atoms with Gasteiger partial charge in [-0.3, -0.25) is 9.59 Å². The van der Waals surface area contributed by atoms with Crippen LogP contribution in [0.4, 0.5) is 0 Å². The molecule has 4 bridgehead atoms. The van der Waals surface area contributed by atoms with Gasteiger partial charge in [0.1, 0.15) is 0 Å². The Bertz CT molecular complexity index is 861. The maximum Gasteiger partial charge on any atom is 0.307 e. The van der Waals surface area contributed by atoms with E-state index in [1.54, 1.807) is 0 Å². The number of esters is 1. The second kappa shape index (κ2) is 8.00. The number of sulfonamides is 1. The zero-order chi connectivity index (χ0) is 20.6. The average Bonchev–Trinajstić information content (AvgIpc) is 2.65. The summed E-state index contributed by atoms with van der Waals surface area (Å²) in [6.07, 6.45) is 6.45. The highest BCUT2D eigenvalue weighted by atomic mass is 35.5. The van der Waals surface area contributed by atoms with Crippen molar-refractivity contribution in [3.05, 3.63) is 29.3 Å². The van der Waals surface area contributed by atoms with Crippen molar-refractivity contribution in [2.24, 2.45) is 23.2 Å². The Morgan fingerprint density at radius 1 is 1.03 bits per heavy atom. The Morgan fingerprint density at radius 2 is 1.59 bits per heavy atom. The van der Waals surface area contributed by atoms with Gasteiger partial charge in [0.25, 0.3) is 0 Å². The molecule has 0 aromatic heterocycles. The summed E-state index contributed by atoms with van der Waals surface area (Å²) in [6.45, 7) is -0.287. The summed E-state index contributed by atoms with van der Waals surface area (Å²) < 4.78 is 31.9. The molecule has 0 unspecified atom stereocenters. The molecule has 158 valence electrons. The van der Waals surface area contributed by atoms with Crippen LogP contribution in [0, 0.1) is 23.2 Å². The third-order valence-electron chi connectivity index (χ3n) is 6.74. The van der Waals surface area contributed by atoms with Crippen LogP contribution in [-0.2, 0) is 24.3 Å². The predicted molar refractivity (Wildman–Crippen MR) is 108 cm³/mol. The highest BCUT2D eigenvalue weighted by molar-refractivity contribution is 7.89. The fourth-order valence-corrected chi connectivity index (χ4v) is 6.97. The van der Waals surface area contributed by atoms with Crippen LogP contribution >= 0.6 is 11.6 Å². The van der Waals surface area contributed by atoms with Crippen molar-refractivity contribution in [3.63, 3.8) is 0 Å². The van der Waals surface area contributed by atoms with Crippen molar-refractivity contribution in [3.8, 4) is 0 Å². The molecular weight excluding hydrogens is 414 g/mol. The Kier molecular flexibility index (Phi) is 5.75. The molecule has 0 saturated heterocycles. The van der Waals surface area contributed by atoms with Crippen molar-refractivity contribution in [2.75, 3.05) is 13.2 Å². The summed E-state index contributed by atoms with van der Waals surface area (Å²) >= 11 is 5.76. The van der Waals surface area contributed by atoms with Crippen LogP contribution in [-0.4, -0.2) is 33.3 Å². The van der Waals surface area contributed by atoms with Gasteiger partial charge in [-0.1, -0.05) is 11.6 Å². The lowest BCUT2D eigenvalue weighted by atomic mass is 9.48. The van der Waals surface area contributed by atoms with Crippen molar-refractivity contribution in [1.82, 2.24) is 4.72 Å². The first-order chi connectivity index (χ1) is 13.8. The van der Waals surface area contributed by atoms with E-state index in [2.05, 4.69) is 4.72 Å². The lowest BCUT2D eigenvalue weighted by Gasteiger charge is -2.55. The Balaban J connectivity index is 1.23. The van der Waals surface area contributed by atoms with E-state index in [1.165, 1.54) is 43.5 Å². The first-order valence-electron chi connectivity index (χ1n) is 10.2. The summed E-state index contributed by atoms with van der Waals surface area (Å²) in [4.78, 5) is 24.9. The molecule has 4 saturated carbocycles. The molecule has 8 heteroatoms. The van der Waals surface area contributed by atoms with Crippen LogP contribution in [0.15, 0.2) is 29.2 Å². The number of nitrogens with one attached hydrogen (secondary N) is 1. The second-order valence-corrected chi connectivity index (χ2v) is 11.1. The van der Waals surface area contributed by atoms with Crippen molar-refractivity contribution < 1.29 is 22.7 Å². The normalized spacial score (nSPS) is 30.3. The number of hydrogen-bond donors (Lipinski definition) is 1. The molecular formula is C21H26ClNO5S. The first-order valence-corrected chi connectivity index (χ1v) is 12.1. The van der Waals surface area contributed by atoms with Crippen molar-refractivity contribution in [1.29, 1.82) is 0 Å². The van der Waals surface area contributed by atoms with E-state index < -0.39 is 16.0 Å². The molecule has 4 aliphatic carbocycles. The number of carbonyl (C=O) groups is 2. The number of ether oxygens (including phenoxy) is 1. The van der Waals surface area contributed by atoms with Gasteiger partial charge < -0.3 is 4.74 Å². The fraction of sp³-hybridized carbons (Fsp3) is 0.619.